The fraction of sp³-hybridized carbons (Fsp3) is 0.929. The molecule has 0 saturated carbocycles. The predicted octanol–water partition coefficient (Wildman–Crippen LogP) is 2.57. The monoisotopic (exact) mass is 272 g/mol. The van der Waals surface area contributed by atoms with Gasteiger partial charge < -0.3 is 4.90 Å². The molecule has 1 N–H and O–H groups in total. The summed E-state index contributed by atoms with van der Waals surface area (Å²) in [6.45, 7) is 9.62. The lowest BCUT2D eigenvalue weighted by molar-refractivity contribution is -0.131. The third-order valence-electron chi connectivity index (χ3n) is 3.46. The van der Waals surface area contributed by atoms with E-state index in [4.69, 9.17) is 0 Å². The van der Waals surface area contributed by atoms with Gasteiger partial charge in [-0.05, 0) is 30.3 Å². The average molecular weight is 272 g/mol. The van der Waals surface area contributed by atoms with E-state index in [0.29, 0.717) is 17.7 Å². The molecule has 1 heterocycles. The highest BCUT2D eigenvalue weighted by Crippen LogP contribution is 2.22. The highest BCUT2D eigenvalue weighted by molar-refractivity contribution is 7.98. The lowest BCUT2D eigenvalue weighted by Crippen LogP contribution is -2.43. The molecule has 0 aromatic carbocycles. The van der Waals surface area contributed by atoms with Gasteiger partial charge in [0.2, 0.25) is 5.91 Å². The summed E-state index contributed by atoms with van der Waals surface area (Å²) in [4.78, 5) is 14.5. The van der Waals surface area contributed by atoms with Crippen LogP contribution in [0.5, 0.6) is 0 Å². The van der Waals surface area contributed by atoms with Crippen molar-refractivity contribution in [2.45, 2.75) is 52.7 Å². The molecule has 0 aliphatic carbocycles. The van der Waals surface area contributed by atoms with Gasteiger partial charge in [-0.3, -0.25) is 10.1 Å². The zero-order valence-electron chi connectivity index (χ0n) is 12.4. The normalized spacial score (nSPS) is 26.1. The van der Waals surface area contributed by atoms with Crippen molar-refractivity contribution in [2.75, 3.05) is 18.6 Å². The van der Waals surface area contributed by atoms with Gasteiger partial charge in [-0.2, -0.15) is 11.8 Å². The van der Waals surface area contributed by atoms with Crippen LogP contribution in [-0.2, 0) is 4.79 Å². The number of carbonyl (C=O) groups excluding carboxylic acids is 1. The Bertz CT molecular complexity index is 271. The molecule has 0 bridgehead atoms. The van der Waals surface area contributed by atoms with E-state index >= 15 is 0 Å². The number of carbonyl (C=O) groups is 1. The Morgan fingerprint density at radius 2 is 2.06 bits per heavy atom. The van der Waals surface area contributed by atoms with Crippen LogP contribution in [0, 0.1) is 11.8 Å². The van der Waals surface area contributed by atoms with Gasteiger partial charge in [-0.15, -0.1) is 0 Å². The minimum atomic E-state index is 0.0453. The van der Waals surface area contributed by atoms with E-state index in [2.05, 4.69) is 44.2 Å². The fourth-order valence-electron chi connectivity index (χ4n) is 2.63. The second-order valence-corrected chi connectivity index (χ2v) is 6.66. The lowest BCUT2D eigenvalue weighted by atomic mass is 10.1. The smallest absolute Gasteiger partial charge is 0.241 e. The van der Waals surface area contributed by atoms with Crippen LogP contribution in [0.1, 0.15) is 40.5 Å². The summed E-state index contributed by atoms with van der Waals surface area (Å²) in [7, 11) is 0. The van der Waals surface area contributed by atoms with Crippen LogP contribution in [-0.4, -0.2) is 41.6 Å². The van der Waals surface area contributed by atoms with Crippen molar-refractivity contribution in [3.8, 4) is 0 Å². The number of amides is 1. The first-order valence-electron chi connectivity index (χ1n) is 7.06. The summed E-state index contributed by atoms with van der Waals surface area (Å²) >= 11 is 1.86. The van der Waals surface area contributed by atoms with E-state index in [1.54, 1.807) is 0 Å². The fourth-order valence-corrected chi connectivity index (χ4v) is 3.30. The number of rotatable bonds is 7. The van der Waals surface area contributed by atoms with Crippen molar-refractivity contribution >= 4 is 17.7 Å². The average Bonchev–Trinajstić information content (AvgIpc) is 2.59. The van der Waals surface area contributed by atoms with Crippen molar-refractivity contribution in [3.63, 3.8) is 0 Å². The quantitative estimate of drug-likeness (QED) is 0.773. The molecule has 0 aromatic rings. The van der Waals surface area contributed by atoms with Crippen molar-refractivity contribution in [3.05, 3.63) is 0 Å². The molecule has 1 aliphatic heterocycles. The maximum atomic E-state index is 12.4. The second kappa shape index (κ2) is 7.39. The highest BCUT2D eigenvalue weighted by atomic mass is 32.2. The van der Waals surface area contributed by atoms with Gasteiger partial charge in [0.1, 0.15) is 0 Å². The Morgan fingerprint density at radius 3 is 2.56 bits per heavy atom. The molecular weight excluding hydrogens is 244 g/mol. The third-order valence-corrected chi connectivity index (χ3v) is 4.36. The summed E-state index contributed by atoms with van der Waals surface area (Å²) < 4.78 is 0. The predicted molar refractivity (Wildman–Crippen MR) is 79.7 cm³/mol. The van der Waals surface area contributed by atoms with Crippen molar-refractivity contribution in [1.29, 1.82) is 0 Å². The second-order valence-electron chi connectivity index (χ2n) is 5.75. The molecule has 1 saturated heterocycles. The third kappa shape index (κ3) is 3.89. The summed E-state index contributed by atoms with van der Waals surface area (Å²) in [6.07, 6.45) is 4.36. The number of nitrogens with one attached hydrogen (secondary N) is 1. The van der Waals surface area contributed by atoms with Crippen LogP contribution in [0.3, 0.4) is 0 Å². The Kier molecular flexibility index (Phi) is 6.50. The number of thioether (sulfide) groups is 1. The zero-order chi connectivity index (χ0) is 13.7. The minimum absolute atomic E-state index is 0.0453. The Morgan fingerprint density at radius 1 is 1.39 bits per heavy atom. The molecular formula is C14H28N2OS. The molecule has 1 fully saturated rings. The number of hydrogen-bond donors (Lipinski definition) is 1. The van der Waals surface area contributed by atoms with Gasteiger partial charge in [-0.1, -0.05) is 34.1 Å². The largest absolute Gasteiger partial charge is 0.325 e. The van der Waals surface area contributed by atoms with Crippen LogP contribution < -0.4 is 5.32 Å². The molecule has 0 spiro atoms. The lowest BCUT2D eigenvalue weighted by Gasteiger charge is -2.29. The molecule has 1 aliphatic rings. The zero-order valence-corrected chi connectivity index (χ0v) is 13.2. The maximum absolute atomic E-state index is 12.4. The van der Waals surface area contributed by atoms with E-state index in [9.17, 15) is 4.79 Å². The molecule has 3 unspecified atom stereocenters. The summed E-state index contributed by atoms with van der Waals surface area (Å²) in [5, 5.41) is 3.51. The molecule has 3 nitrogen and oxygen atoms in total. The van der Waals surface area contributed by atoms with Crippen LogP contribution in [0.15, 0.2) is 0 Å². The maximum Gasteiger partial charge on any atom is 0.241 e. The van der Waals surface area contributed by atoms with Gasteiger partial charge >= 0.3 is 0 Å². The first-order valence-corrected chi connectivity index (χ1v) is 8.46. The molecule has 1 amide bonds. The van der Waals surface area contributed by atoms with E-state index in [1.807, 2.05) is 11.8 Å². The Balaban J connectivity index is 2.68. The summed E-state index contributed by atoms with van der Waals surface area (Å²) in [5.41, 5.74) is 0. The molecule has 0 aromatic heterocycles. The minimum Gasteiger partial charge on any atom is -0.325 e. The SMILES string of the molecule is CCCC1NC(C(C)C)N(CC(C)CSC)C1=O. The van der Waals surface area contributed by atoms with Crippen molar-refractivity contribution in [2.24, 2.45) is 11.8 Å². The van der Waals surface area contributed by atoms with E-state index in [0.717, 1.165) is 25.1 Å². The van der Waals surface area contributed by atoms with Gasteiger partial charge in [0, 0.05) is 6.54 Å². The van der Waals surface area contributed by atoms with Gasteiger partial charge in [0.25, 0.3) is 0 Å². The van der Waals surface area contributed by atoms with Gasteiger partial charge in [-0.25, -0.2) is 0 Å². The molecule has 1 rings (SSSR count). The standard InChI is InChI=1S/C14H28N2OS/c1-6-7-12-14(17)16(8-11(4)9-18-5)13(15-12)10(2)3/h10-13,15H,6-9H2,1-5H3. The van der Waals surface area contributed by atoms with E-state index < -0.39 is 0 Å². The molecule has 106 valence electrons. The number of nitrogens with zero attached hydrogens (tertiary/aromatic N) is 1. The van der Waals surface area contributed by atoms with Gasteiger partial charge in [0.15, 0.2) is 0 Å². The first-order chi connectivity index (χ1) is 8.51. The van der Waals surface area contributed by atoms with E-state index in [1.165, 1.54) is 0 Å². The molecule has 3 atom stereocenters. The van der Waals surface area contributed by atoms with E-state index in [-0.39, 0.29) is 12.2 Å². The van der Waals surface area contributed by atoms with Crippen LogP contribution >= 0.6 is 11.8 Å². The summed E-state index contributed by atoms with van der Waals surface area (Å²) in [6, 6.07) is 0.0453. The Labute approximate surface area is 116 Å². The van der Waals surface area contributed by atoms with Crippen molar-refractivity contribution in [1.82, 2.24) is 10.2 Å². The molecule has 4 heteroatoms. The molecule has 0 radical (unpaired) electrons. The number of hydrogen-bond acceptors (Lipinski definition) is 3. The topological polar surface area (TPSA) is 32.3 Å². The first kappa shape index (κ1) is 15.8. The van der Waals surface area contributed by atoms with Crippen molar-refractivity contribution < 1.29 is 4.79 Å². The van der Waals surface area contributed by atoms with Crippen LogP contribution in [0.2, 0.25) is 0 Å². The Hall–Kier alpha value is -0.220. The molecule has 18 heavy (non-hydrogen) atoms. The van der Waals surface area contributed by atoms with Crippen LogP contribution in [0.25, 0.3) is 0 Å². The highest BCUT2D eigenvalue weighted by Gasteiger charge is 2.39. The summed E-state index contributed by atoms with van der Waals surface area (Å²) in [5.74, 6) is 2.46. The van der Waals surface area contributed by atoms with Gasteiger partial charge in [0.05, 0.1) is 12.2 Å². The van der Waals surface area contributed by atoms with Crippen LogP contribution in [0.4, 0.5) is 0 Å².